The number of nitrogens with zero attached hydrogens (tertiary/aromatic N) is 3. The average molecular weight is 546 g/mol. The van der Waals surface area contributed by atoms with E-state index in [1.807, 2.05) is 42.5 Å². The van der Waals surface area contributed by atoms with Gasteiger partial charge in [0.1, 0.15) is 17.5 Å². The molecule has 0 spiro atoms. The third-order valence-corrected chi connectivity index (χ3v) is 7.24. The summed E-state index contributed by atoms with van der Waals surface area (Å²) < 4.78 is 5.72. The van der Waals surface area contributed by atoms with Crippen molar-refractivity contribution in [3.63, 3.8) is 0 Å². The number of pyridine rings is 1. The molecule has 0 bridgehead atoms. The Hall–Kier alpha value is -2.39. The minimum atomic E-state index is -1.12. The predicted molar refractivity (Wildman–Crippen MR) is 146 cm³/mol. The number of piperazine rings is 1. The van der Waals surface area contributed by atoms with E-state index in [0.717, 1.165) is 17.8 Å². The van der Waals surface area contributed by atoms with Crippen molar-refractivity contribution in [2.24, 2.45) is 0 Å². The first-order chi connectivity index (χ1) is 17.7. The molecule has 1 aliphatic rings. The fraction of sp³-hybridized carbons (Fsp3) is 0.393. The summed E-state index contributed by atoms with van der Waals surface area (Å²) in [5, 5.41) is 31.1. The molecule has 37 heavy (non-hydrogen) atoms. The molecular formula is C28H33Cl2N3O4. The molecule has 9 heteroatoms. The third kappa shape index (κ3) is 6.74. The topological polar surface area (TPSA) is 89.3 Å². The number of aliphatic hydroxyl groups excluding tert-OH is 2. The minimum absolute atomic E-state index is 0.0302. The number of hydrogen-bond donors (Lipinski definition) is 3. The van der Waals surface area contributed by atoms with Crippen LogP contribution in [0.5, 0.6) is 5.75 Å². The first-order valence-corrected chi connectivity index (χ1v) is 13.1. The second-order valence-electron chi connectivity index (χ2n) is 9.69. The molecule has 2 aromatic carbocycles. The normalized spacial score (nSPS) is 18.9. The Kier molecular flexibility index (Phi) is 8.95. The van der Waals surface area contributed by atoms with E-state index < -0.39 is 5.60 Å². The van der Waals surface area contributed by atoms with E-state index in [4.69, 9.17) is 27.9 Å². The summed E-state index contributed by atoms with van der Waals surface area (Å²) in [6.45, 7) is 5.87. The summed E-state index contributed by atoms with van der Waals surface area (Å²) in [4.78, 5) is 8.74. The first kappa shape index (κ1) is 27.6. The highest BCUT2D eigenvalue weighted by Gasteiger charge is 2.34. The number of halogens is 2. The number of hydrogen-bond acceptors (Lipinski definition) is 7. The van der Waals surface area contributed by atoms with E-state index in [1.54, 1.807) is 32.2 Å². The smallest absolute Gasteiger partial charge is 0.121 e. The summed E-state index contributed by atoms with van der Waals surface area (Å²) in [6, 6.07) is 16.9. The van der Waals surface area contributed by atoms with Gasteiger partial charge in [-0.25, -0.2) is 0 Å². The fourth-order valence-corrected chi connectivity index (χ4v) is 5.07. The van der Waals surface area contributed by atoms with Gasteiger partial charge in [-0.1, -0.05) is 41.4 Å². The van der Waals surface area contributed by atoms with Gasteiger partial charge in [-0.15, -0.1) is 0 Å². The van der Waals surface area contributed by atoms with Crippen LogP contribution in [-0.4, -0.2) is 64.1 Å². The van der Waals surface area contributed by atoms with Gasteiger partial charge in [0.2, 0.25) is 0 Å². The van der Waals surface area contributed by atoms with Crippen LogP contribution < -0.4 is 9.64 Å². The van der Waals surface area contributed by atoms with Crippen LogP contribution in [0.4, 0.5) is 5.69 Å². The zero-order valence-electron chi connectivity index (χ0n) is 21.0. The van der Waals surface area contributed by atoms with E-state index >= 15 is 0 Å². The number of anilines is 1. The molecule has 1 aromatic heterocycles. The van der Waals surface area contributed by atoms with Gasteiger partial charge < -0.3 is 25.0 Å². The second-order valence-corrected chi connectivity index (χ2v) is 10.5. The van der Waals surface area contributed by atoms with Crippen LogP contribution in [0.1, 0.15) is 36.7 Å². The molecule has 3 atom stereocenters. The van der Waals surface area contributed by atoms with Gasteiger partial charge >= 0.3 is 0 Å². The largest absolute Gasteiger partial charge is 0.488 e. The lowest BCUT2D eigenvalue weighted by atomic mass is 9.95. The van der Waals surface area contributed by atoms with Crippen LogP contribution in [0.2, 0.25) is 10.0 Å². The standard InChI is InChI=1S/C28H33Cl2N3O4/c1-19(16-34)37-24-9-10-26(25(30)13-24)33-12-11-32(15-27(33)20-3-6-22(29)7-4-20)18-28(2,36)21-5-8-23(17-35)31-14-21/h3-10,13-14,19,27,34-36H,11-12,15-18H2,1-2H3/t19-,27+,28-/m1/s1. The molecule has 1 saturated heterocycles. The molecule has 2 heterocycles. The molecule has 1 fully saturated rings. The zero-order valence-corrected chi connectivity index (χ0v) is 22.5. The van der Waals surface area contributed by atoms with Crippen LogP contribution in [0, 0.1) is 0 Å². The van der Waals surface area contributed by atoms with E-state index in [0.29, 0.717) is 46.7 Å². The van der Waals surface area contributed by atoms with Crippen molar-refractivity contribution in [1.29, 1.82) is 0 Å². The Morgan fingerprint density at radius 2 is 1.84 bits per heavy atom. The van der Waals surface area contributed by atoms with Crippen LogP contribution in [0.15, 0.2) is 60.8 Å². The highest BCUT2D eigenvalue weighted by Crippen LogP contribution is 2.38. The van der Waals surface area contributed by atoms with E-state index in [1.165, 1.54) is 0 Å². The van der Waals surface area contributed by atoms with Crippen molar-refractivity contribution in [2.75, 3.05) is 37.7 Å². The molecule has 7 nitrogen and oxygen atoms in total. The van der Waals surface area contributed by atoms with Gasteiger partial charge in [0.25, 0.3) is 0 Å². The zero-order chi connectivity index (χ0) is 26.6. The van der Waals surface area contributed by atoms with Crippen LogP contribution in [-0.2, 0) is 12.2 Å². The molecule has 3 aromatic rings. The Morgan fingerprint density at radius 3 is 2.46 bits per heavy atom. The van der Waals surface area contributed by atoms with E-state index in [2.05, 4.69) is 14.8 Å². The molecule has 0 aliphatic carbocycles. The summed E-state index contributed by atoms with van der Waals surface area (Å²) >= 11 is 12.9. The van der Waals surface area contributed by atoms with Crippen LogP contribution in [0.3, 0.4) is 0 Å². The maximum atomic E-state index is 11.3. The summed E-state index contributed by atoms with van der Waals surface area (Å²) in [5.74, 6) is 0.605. The van der Waals surface area contributed by atoms with Gasteiger partial charge in [-0.3, -0.25) is 9.88 Å². The molecule has 0 amide bonds. The molecule has 0 unspecified atom stereocenters. The number of ether oxygens (including phenoxy) is 1. The quantitative estimate of drug-likeness (QED) is 0.367. The number of β-amino-alcohol motifs (C(OH)–C–C–N with tert-alkyl or cyclic N) is 1. The van der Waals surface area contributed by atoms with Crippen molar-refractivity contribution >= 4 is 28.9 Å². The highest BCUT2D eigenvalue weighted by molar-refractivity contribution is 6.33. The molecule has 198 valence electrons. The SMILES string of the molecule is C[C@H](CO)Oc1ccc(N2CCN(C[C@@](C)(O)c3ccc(CO)nc3)C[C@H]2c2ccc(Cl)cc2)c(Cl)c1. The van der Waals surface area contributed by atoms with E-state index in [9.17, 15) is 15.3 Å². The van der Waals surface area contributed by atoms with Gasteiger partial charge in [0.15, 0.2) is 0 Å². The Morgan fingerprint density at radius 1 is 1.08 bits per heavy atom. The maximum Gasteiger partial charge on any atom is 0.121 e. The fourth-order valence-electron chi connectivity index (χ4n) is 4.67. The van der Waals surface area contributed by atoms with Gasteiger partial charge in [-0.05, 0) is 49.7 Å². The van der Waals surface area contributed by atoms with Crippen molar-refractivity contribution in [3.05, 3.63) is 87.7 Å². The summed E-state index contributed by atoms with van der Waals surface area (Å²) in [6.07, 6.45) is 1.30. The first-order valence-electron chi connectivity index (χ1n) is 12.3. The molecule has 0 radical (unpaired) electrons. The number of aromatic nitrogens is 1. The van der Waals surface area contributed by atoms with E-state index in [-0.39, 0.29) is 25.4 Å². The average Bonchev–Trinajstić information content (AvgIpc) is 2.89. The van der Waals surface area contributed by atoms with Crippen molar-refractivity contribution in [1.82, 2.24) is 9.88 Å². The predicted octanol–water partition coefficient (Wildman–Crippen LogP) is 4.41. The van der Waals surface area contributed by atoms with Crippen LogP contribution in [0.25, 0.3) is 0 Å². The molecular weight excluding hydrogens is 513 g/mol. The monoisotopic (exact) mass is 545 g/mol. The van der Waals surface area contributed by atoms with Crippen molar-refractivity contribution in [2.45, 2.75) is 38.2 Å². The third-order valence-electron chi connectivity index (χ3n) is 6.68. The lowest BCUT2D eigenvalue weighted by Crippen LogP contribution is -2.52. The second kappa shape index (κ2) is 12.0. The summed E-state index contributed by atoms with van der Waals surface area (Å²) in [5.41, 5.74) is 2.13. The Labute approximate surface area is 227 Å². The molecule has 1 aliphatic heterocycles. The van der Waals surface area contributed by atoms with Crippen LogP contribution >= 0.6 is 23.2 Å². The minimum Gasteiger partial charge on any atom is -0.488 e. The Bertz CT molecular complexity index is 1180. The van der Waals surface area contributed by atoms with Crippen molar-refractivity contribution in [3.8, 4) is 5.75 Å². The summed E-state index contributed by atoms with van der Waals surface area (Å²) in [7, 11) is 0. The van der Waals surface area contributed by atoms with Crippen molar-refractivity contribution < 1.29 is 20.1 Å². The van der Waals surface area contributed by atoms with Gasteiger partial charge in [-0.2, -0.15) is 0 Å². The maximum absolute atomic E-state index is 11.3. The number of benzene rings is 2. The lowest BCUT2D eigenvalue weighted by Gasteiger charge is -2.45. The highest BCUT2D eigenvalue weighted by atomic mass is 35.5. The molecule has 3 N–H and O–H groups in total. The molecule has 4 rings (SSSR count). The van der Waals surface area contributed by atoms with Gasteiger partial charge in [0, 0.05) is 49.0 Å². The van der Waals surface area contributed by atoms with Gasteiger partial charge in [0.05, 0.1) is 35.7 Å². The molecule has 0 saturated carbocycles. The number of aliphatic hydroxyl groups is 3. The Balaban J connectivity index is 1.58. The number of rotatable bonds is 9. The lowest BCUT2D eigenvalue weighted by molar-refractivity contribution is 0.00997.